The standard InChI is InChI=1S/C9H9BrClN/c1-2-9(12)7-5-6(11)3-4-8(7)10/h2-5,9H,1,12H2/t9-/m1/s1. The molecule has 0 amide bonds. The molecule has 0 spiro atoms. The van der Waals surface area contributed by atoms with Crippen LogP contribution in [0, 0.1) is 0 Å². The second-order valence-electron chi connectivity index (χ2n) is 2.43. The van der Waals surface area contributed by atoms with Gasteiger partial charge in [-0.2, -0.15) is 0 Å². The van der Waals surface area contributed by atoms with Gasteiger partial charge in [0.1, 0.15) is 0 Å². The van der Waals surface area contributed by atoms with Gasteiger partial charge in [-0.3, -0.25) is 0 Å². The summed E-state index contributed by atoms with van der Waals surface area (Å²) in [5.74, 6) is 0. The first-order valence-electron chi connectivity index (χ1n) is 3.48. The fraction of sp³-hybridized carbons (Fsp3) is 0.111. The maximum atomic E-state index is 5.81. The van der Waals surface area contributed by atoms with E-state index >= 15 is 0 Å². The molecule has 0 heterocycles. The molecule has 0 saturated carbocycles. The molecule has 1 nitrogen and oxygen atoms in total. The molecule has 12 heavy (non-hydrogen) atoms. The zero-order valence-electron chi connectivity index (χ0n) is 6.43. The zero-order chi connectivity index (χ0) is 9.14. The summed E-state index contributed by atoms with van der Waals surface area (Å²) in [6.45, 7) is 3.62. The molecule has 0 unspecified atom stereocenters. The van der Waals surface area contributed by atoms with Gasteiger partial charge in [-0.05, 0) is 23.8 Å². The Balaban J connectivity index is 3.12. The molecule has 0 aliphatic heterocycles. The fourth-order valence-corrected chi connectivity index (χ4v) is 1.59. The lowest BCUT2D eigenvalue weighted by Crippen LogP contribution is -2.06. The van der Waals surface area contributed by atoms with Crippen LogP contribution in [0.5, 0.6) is 0 Å². The van der Waals surface area contributed by atoms with Crippen LogP contribution in [0.2, 0.25) is 5.02 Å². The fourth-order valence-electron chi connectivity index (χ4n) is 0.897. The third kappa shape index (κ3) is 2.09. The van der Waals surface area contributed by atoms with Gasteiger partial charge in [0.15, 0.2) is 0 Å². The Hall–Kier alpha value is -0.310. The molecule has 0 fully saturated rings. The summed E-state index contributed by atoms with van der Waals surface area (Å²) in [5.41, 5.74) is 6.71. The Morgan fingerprint density at radius 1 is 1.58 bits per heavy atom. The smallest absolute Gasteiger partial charge is 0.0490 e. The van der Waals surface area contributed by atoms with E-state index in [1.165, 1.54) is 0 Å². The Kier molecular flexibility index (Phi) is 3.32. The van der Waals surface area contributed by atoms with Gasteiger partial charge in [-0.15, -0.1) is 6.58 Å². The first-order valence-corrected chi connectivity index (χ1v) is 4.65. The second kappa shape index (κ2) is 4.08. The van der Waals surface area contributed by atoms with E-state index in [9.17, 15) is 0 Å². The first kappa shape index (κ1) is 9.78. The summed E-state index contributed by atoms with van der Waals surface area (Å²) in [6, 6.07) is 5.35. The highest BCUT2D eigenvalue weighted by Gasteiger charge is 2.05. The van der Waals surface area contributed by atoms with E-state index in [-0.39, 0.29) is 6.04 Å². The minimum absolute atomic E-state index is 0.168. The van der Waals surface area contributed by atoms with Crippen LogP contribution < -0.4 is 5.73 Å². The molecule has 0 saturated heterocycles. The summed E-state index contributed by atoms with van der Waals surface area (Å²) in [4.78, 5) is 0. The van der Waals surface area contributed by atoms with Gasteiger partial charge in [0.05, 0.1) is 0 Å². The Morgan fingerprint density at radius 2 is 2.25 bits per heavy atom. The van der Waals surface area contributed by atoms with Crippen molar-refractivity contribution in [2.24, 2.45) is 5.73 Å². The van der Waals surface area contributed by atoms with E-state index in [0.717, 1.165) is 10.0 Å². The van der Waals surface area contributed by atoms with Gasteiger partial charge >= 0.3 is 0 Å². The van der Waals surface area contributed by atoms with Gasteiger partial charge in [0.25, 0.3) is 0 Å². The molecular weight excluding hydrogens is 237 g/mol. The largest absolute Gasteiger partial charge is 0.321 e. The molecule has 0 aliphatic carbocycles. The van der Waals surface area contributed by atoms with Crippen LogP contribution in [-0.4, -0.2) is 0 Å². The van der Waals surface area contributed by atoms with Crippen molar-refractivity contribution >= 4 is 27.5 Å². The average Bonchev–Trinajstić information content (AvgIpc) is 2.08. The maximum absolute atomic E-state index is 5.81. The summed E-state index contributed by atoms with van der Waals surface area (Å²) >= 11 is 9.19. The maximum Gasteiger partial charge on any atom is 0.0490 e. The monoisotopic (exact) mass is 245 g/mol. The van der Waals surface area contributed by atoms with Crippen molar-refractivity contribution < 1.29 is 0 Å². The van der Waals surface area contributed by atoms with Crippen LogP contribution in [0.1, 0.15) is 11.6 Å². The number of nitrogens with two attached hydrogens (primary N) is 1. The lowest BCUT2D eigenvalue weighted by molar-refractivity contribution is 0.908. The molecule has 0 aromatic heterocycles. The quantitative estimate of drug-likeness (QED) is 0.796. The first-order chi connectivity index (χ1) is 5.65. The number of halogens is 2. The molecule has 3 heteroatoms. The molecule has 1 atom stereocenters. The molecule has 1 aromatic rings. The molecule has 1 rings (SSSR count). The van der Waals surface area contributed by atoms with Gasteiger partial charge in [-0.25, -0.2) is 0 Å². The van der Waals surface area contributed by atoms with E-state index in [0.29, 0.717) is 5.02 Å². The molecule has 1 aromatic carbocycles. The van der Waals surface area contributed by atoms with E-state index < -0.39 is 0 Å². The molecule has 64 valence electrons. The molecule has 2 N–H and O–H groups in total. The SMILES string of the molecule is C=C[C@@H](N)c1cc(Cl)ccc1Br. The molecular formula is C9H9BrClN. The van der Waals surface area contributed by atoms with Crippen LogP contribution >= 0.6 is 27.5 Å². The van der Waals surface area contributed by atoms with Crippen molar-refractivity contribution in [3.05, 3.63) is 45.9 Å². The van der Waals surface area contributed by atoms with Crippen LogP contribution in [0.15, 0.2) is 35.3 Å². The minimum Gasteiger partial charge on any atom is -0.321 e. The van der Waals surface area contributed by atoms with Crippen molar-refractivity contribution in [1.82, 2.24) is 0 Å². The van der Waals surface area contributed by atoms with E-state index in [1.54, 1.807) is 6.08 Å². The van der Waals surface area contributed by atoms with Crippen LogP contribution in [0.25, 0.3) is 0 Å². The molecule has 0 bridgehead atoms. The van der Waals surface area contributed by atoms with Gasteiger partial charge < -0.3 is 5.73 Å². The zero-order valence-corrected chi connectivity index (χ0v) is 8.77. The number of hydrogen-bond donors (Lipinski definition) is 1. The Labute approximate surface area is 85.3 Å². The van der Waals surface area contributed by atoms with Crippen molar-refractivity contribution in [3.8, 4) is 0 Å². The van der Waals surface area contributed by atoms with Gasteiger partial charge in [0, 0.05) is 15.5 Å². The van der Waals surface area contributed by atoms with E-state index in [1.807, 2.05) is 18.2 Å². The summed E-state index contributed by atoms with van der Waals surface area (Å²) in [6.07, 6.45) is 1.68. The third-order valence-corrected chi connectivity index (χ3v) is 2.53. The summed E-state index contributed by atoms with van der Waals surface area (Å²) in [5, 5.41) is 0.686. The number of benzene rings is 1. The topological polar surface area (TPSA) is 26.0 Å². The van der Waals surface area contributed by atoms with Crippen LogP contribution in [-0.2, 0) is 0 Å². The number of hydrogen-bond acceptors (Lipinski definition) is 1. The molecule has 0 aliphatic rings. The lowest BCUT2D eigenvalue weighted by atomic mass is 10.1. The minimum atomic E-state index is -0.168. The van der Waals surface area contributed by atoms with E-state index in [4.69, 9.17) is 17.3 Å². The predicted octanol–water partition coefficient (Wildman–Crippen LogP) is 3.29. The van der Waals surface area contributed by atoms with Gasteiger partial charge in [-0.1, -0.05) is 33.6 Å². The van der Waals surface area contributed by atoms with Crippen molar-refractivity contribution in [2.45, 2.75) is 6.04 Å². The highest BCUT2D eigenvalue weighted by atomic mass is 79.9. The Morgan fingerprint density at radius 3 is 2.83 bits per heavy atom. The normalized spacial score (nSPS) is 12.6. The number of rotatable bonds is 2. The van der Waals surface area contributed by atoms with Crippen molar-refractivity contribution in [3.63, 3.8) is 0 Å². The van der Waals surface area contributed by atoms with Crippen molar-refractivity contribution in [2.75, 3.05) is 0 Å². The van der Waals surface area contributed by atoms with Gasteiger partial charge in [0.2, 0.25) is 0 Å². The molecule has 0 radical (unpaired) electrons. The second-order valence-corrected chi connectivity index (χ2v) is 3.72. The van der Waals surface area contributed by atoms with E-state index in [2.05, 4.69) is 22.5 Å². The summed E-state index contributed by atoms with van der Waals surface area (Å²) < 4.78 is 0.958. The Bertz CT molecular complexity index is 299. The predicted molar refractivity (Wildman–Crippen MR) is 56.3 cm³/mol. The highest BCUT2D eigenvalue weighted by molar-refractivity contribution is 9.10. The highest BCUT2D eigenvalue weighted by Crippen LogP contribution is 2.25. The average molecular weight is 247 g/mol. The van der Waals surface area contributed by atoms with Crippen LogP contribution in [0.3, 0.4) is 0 Å². The lowest BCUT2D eigenvalue weighted by Gasteiger charge is -2.08. The summed E-state index contributed by atoms with van der Waals surface area (Å²) in [7, 11) is 0. The van der Waals surface area contributed by atoms with Crippen molar-refractivity contribution in [1.29, 1.82) is 0 Å². The third-order valence-electron chi connectivity index (χ3n) is 1.57. The van der Waals surface area contributed by atoms with Crippen LogP contribution in [0.4, 0.5) is 0 Å².